The Morgan fingerprint density at radius 2 is 1.75 bits per heavy atom. The molecule has 1 unspecified atom stereocenters. The van der Waals surface area contributed by atoms with Crippen LogP contribution in [0.15, 0.2) is 0 Å². The van der Waals surface area contributed by atoms with Crippen molar-refractivity contribution in [1.29, 1.82) is 0 Å². The van der Waals surface area contributed by atoms with Crippen molar-refractivity contribution >= 4 is 10.0 Å². The summed E-state index contributed by atoms with van der Waals surface area (Å²) < 4.78 is 25.4. The summed E-state index contributed by atoms with van der Waals surface area (Å²) >= 11 is 0. The molecule has 1 atom stereocenters. The first-order valence-electron chi connectivity index (χ1n) is 5.56. The third-order valence-electron chi connectivity index (χ3n) is 2.51. The molecule has 0 aliphatic carbocycles. The molecule has 16 heavy (non-hydrogen) atoms. The van der Waals surface area contributed by atoms with Crippen molar-refractivity contribution in [1.82, 2.24) is 14.5 Å². The van der Waals surface area contributed by atoms with Crippen molar-refractivity contribution in [2.75, 3.05) is 47.8 Å². The van der Waals surface area contributed by atoms with Crippen LogP contribution in [-0.4, -0.2) is 70.7 Å². The fourth-order valence-corrected chi connectivity index (χ4v) is 2.81. The number of sulfonamides is 1. The SMILES string of the molecule is CNCC(C)S(=O)(=O)N(C)CCCN(C)C. The summed E-state index contributed by atoms with van der Waals surface area (Å²) in [5, 5.41) is 2.52. The predicted octanol–water partition coefficient (Wildman–Crippen LogP) is -0.192. The van der Waals surface area contributed by atoms with E-state index < -0.39 is 10.0 Å². The van der Waals surface area contributed by atoms with Crippen LogP contribution in [-0.2, 0) is 10.0 Å². The maximum atomic E-state index is 12.0. The van der Waals surface area contributed by atoms with Gasteiger partial charge in [0.2, 0.25) is 10.0 Å². The highest BCUT2D eigenvalue weighted by atomic mass is 32.2. The van der Waals surface area contributed by atoms with E-state index in [2.05, 4.69) is 10.2 Å². The van der Waals surface area contributed by atoms with Gasteiger partial charge in [-0.3, -0.25) is 0 Å². The molecule has 0 saturated carbocycles. The van der Waals surface area contributed by atoms with Crippen LogP contribution in [0, 0.1) is 0 Å². The van der Waals surface area contributed by atoms with Crippen LogP contribution in [0.1, 0.15) is 13.3 Å². The Kier molecular flexibility index (Phi) is 7.14. The summed E-state index contributed by atoms with van der Waals surface area (Å²) in [6, 6.07) is 0. The Bertz CT molecular complexity index is 278. The Balaban J connectivity index is 4.19. The average molecular weight is 251 g/mol. The highest BCUT2D eigenvalue weighted by Crippen LogP contribution is 2.06. The van der Waals surface area contributed by atoms with Gasteiger partial charge in [0.1, 0.15) is 0 Å². The van der Waals surface area contributed by atoms with Gasteiger partial charge < -0.3 is 10.2 Å². The summed E-state index contributed by atoms with van der Waals surface area (Å²) in [6.07, 6.45) is 0.856. The molecule has 6 heteroatoms. The van der Waals surface area contributed by atoms with Crippen molar-refractivity contribution in [3.05, 3.63) is 0 Å². The molecule has 0 amide bonds. The minimum Gasteiger partial charge on any atom is -0.318 e. The van der Waals surface area contributed by atoms with E-state index >= 15 is 0 Å². The Morgan fingerprint density at radius 1 is 1.19 bits per heavy atom. The zero-order valence-electron chi connectivity index (χ0n) is 11.0. The van der Waals surface area contributed by atoms with Gasteiger partial charge in [0.25, 0.3) is 0 Å². The van der Waals surface area contributed by atoms with Gasteiger partial charge >= 0.3 is 0 Å². The zero-order chi connectivity index (χ0) is 12.8. The molecule has 0 spiro atoms. The number of hydrogen-bond acceptors (Lipinski definition) is 4. The van der Waals surface area contributed by atoms with E-state index in [-0.39, 0.29) is 5.25 Å². The lowest BCUT2D eigenvalue weighted by Crippen LogP contribution is -2.40. The predicted molar refractivity (Wildman–Crippen MR) is 68.1 cm³/mol. The number of rotatable bonds is 8. The average Bonchev–Trinajstić information content (AvgIpc) is 2.17. The summed E-state index contributed by atoms with van der Waals surface area (Å²) in [7, 11) is 4.23. The van der Waals surface area contributed by atoms with E-state index in [0.717, 1.165) is 13.0 Å². The fraction of sp³-hybridized carbons (Fsp3) is 1.00. The molecular weight excluding hydrogens is 226 g/mol. The first-order chi connectivity index (χ1) is 7.32. The molecule has 0 aromatic rings. The van der Waals surface area contributed by atoms with Crippen molar-refractivity contribution in [3.8, 4) is 0 Å². The second kappa shape index (κ2) is 7.21. The van der Waals surface area contributed by atoms with E-state index in [1.165, 1.54) is 4.31 Å². The van der Waals surface area contributed by atoms with E-state index in [0.29, 0.717) is 13.1 Å². The van der Waals surface area contributed by atoms with Crippen LogP contribution in [0.2, 0.25) is 0 Å². The maximum Gasteiger partial charge on any atom is 0.217 e. The van der Waals surface area contributed by atoms with Crippen molar-refractivity contribution in [2.45, 2.75) is 18.6 Å². The van der Waals surface area contributed by atoms with Gasteiger partial charge in [-0.1, -0.05) is 0 Å². The first-order valence-corrected chi connectivity index (χ1v) is 7.07. The Morgan fingerprint density at radius 3 is 2.19 bits per heavy atom. The minimum atomic E-state index is -3.15. The van der Waals surface area contributed by atoms with Gasteiger partial charge in [0, 0.05) is 20.1 Å². The van der Waals surface area contributed by atoms with Crippen LogP contribution in [0.3, 0.4) is 0 Å². The quantitative estimate of drug-likeness (QED) is 0.649. The fourth-order valence-electron chi connectivity index (χ4n) is 1.44. The normalized spacial score (nSPS) is 14.7. The summed E-state index contributed by atoms with van der Waals surface area (Å²) in [5.74, 6) is 0. The Hall–Kier alpha value is -0.170. The van der Waals surface area contributed by atoms with Gasteiger partial charge in [-0.2, -0.15) is 0 Å². The van der Waals surface area contributed by atoms with E-state index in [1.807, 2.05) is 14.1 Å². The standard InChI is InChI=1S/C10H25N3O2S/c1-10(9-11-2)16(14,15)13(5)8-6-7-12(3)4/h10-11H,6-9H2,1-5H3. The van der Waals surface area contributed by atoms with Crippen LogP contribution in [0.25, 0.3) is 0 Å². The van der Waals surface area contributed by atoms with Gasteiger partial charge in [-0.05, 0) is 41.0 Å². The maximum absolute atomic E-state index is 12.0. The van der Waals surface area contributed by atoms with E-state index in [4.69, 9.17) is 0 Å². The molecule has 0 saturated heterocycles. The van der Waals surface area contributed by atoms with Crippen LogP contribution in [0.4, 0.5) is 0 Å². The molecule has 0 aliphatic heterocycles. The van der Waals surface area contributed by atoms with E-state index in [1.54, 1.807) is 21.0 Å². The number of hydrogen-bond donors (Lipinski definition) is 1. The molecule has 5 nitrogen and oxygen atoms in total. The molecule has 0 bridgehead atoms. The van der Waals surface area contributed by atoms with Crippen molar-refractivity contribution in [3.63, 3.8) is 0 Å². The highest BCUT2D eigenvalue weighted by molar-refractivity contribution is 7.89. The molecule has 0 aliphatic rings. The molecule has 1 N–H and O–H groups in total. The lowest BCUT2D eigenvalue weighted by atomic mass is 10.4. The molecule has 0 fully saturated rings. The summed E-state index contributed by atoms with van der Waals surface area (Å²) in [6.45, 7) is 3.70. The van der Waals surface area contributed by atoms with Gasteiger partial charge in [-0.15, -0.1) is 0 Å². The van der Waals surface area contributed by atoms with Gasteiger partial charge in [0.15, 0.2) is 0 Å². The topological polar surface area (TPSA) is 52.7 Å². The largest absolute Gasteiger partial charge is 0.318 e. The molecule has 0 rings (SSSR count). The molecule has 0 aromatic heterocycles. The number of nitrogens with one attached hydrogen (secondary N) is 1. The monoisotopic (exact) mass is 251 g/mol. The zero-order valence-corrected chi connectivity index (χ0v) is 11.8. The van der Waals surface area contributed by atoms with Gasteiger partial charge in [0.05, 0.1) is 5.25 Å². The second-order valence-corrected chi connectivity index (χ2v) is 6.85. The van der Waals surface area contributed by atoms with E-state index in [9.17, 15) is 8.42 Å². The van der Waals surface area contributed by atoms with Crippen molar-refractivity contribution in [2.24, 2.45) is 0 Å². The third kappa shape index (κ3) is 5.25. The molecule has 0 heterocycles. The highest BCUT2D eigenvalue weighted by Gasteiger charge is 2.24. The molecule has 98 valence electrons. The minimum absolute atomic E-state index is 0.373. The van der Waals surface area contributed by atoms with Crippen molar-refractivity contribution < 1.29 is 8.42 Å². The molecule has 0 aromatic carbocycles. The number of nitrogens with zero attached hydrogens (tertiary/aromatic N) is 2. The smallest absolute Gasteiger partial charge is 0.217 e. The van der Waals surface area contributed by atoms with Crippen LogP contribution < -0.4 is 5.32 Å². The lowest BCUT2D eigenvalue weighted by Gasteiger charge is -2.22. The third-order valence-corrected chi connectivity index (χ3v) is 4.75. The second-order valence-electron chi connectivity index (χ2n) is 4.39. The van der Waals surface area contributed by atoms with Crippen LogP contribution in [0.5, 0.6) is 0 Å². The Labute approximate surface area is 99.9 Å². The lowest BCUT2D eigenvalue weighted by molar-refractivity contribution is 0.368. The molecular formula is C10H25N3O2S. The summed E-state index contributed by atoms with van der Waals surface area (Å²) in [4.78, 5) is 2.05. The van der Waals surface area contributed by atoms with Gasteiger partial charge in [-0.25, -0.2) is 12.7 Å². The van der Waals surface area contributed by atoms with Crippen LogP contribution >= 0.6 is 0 Å². The molecule has 0 radical (unpaired) electrons. The summed E-state index contributed by atoms with van der Waals surface area (Å²) in [5.41, 5.74) is 0. The first kappa shape index (κ1) is 15.8.